The van der Waals surface area contributed by atoms with Gasteiger partial charge in [0.05, 0.1) is 0 Å². The Labute approximate surface area is 94.6 Å². The van der Waals surface area contributed by atoms with E-state index in [4.69, 9.17) is 5.73 Å². The molecule has 15 heavy (non-hydrogen) atoms. The van der Waals surface area contributed by atoms with Crippen LogP contribution in [0.1, 0.15) is 32.6 Å². The van der Waals surface area contributed by atoms with Gasteiger partial charge in [0.1, 0.15) is 0 Å². The summed E-state index contributed by atoms with van der Waals surface area (Å²) in [6, 6.07) is 0.760. The lowest BCUT2D eigenvalue weighted by molar-refractivity contribution is 0.181. The van der Waals surface area contributed by atoms with Crippen LogP contribution in [-0.2, 0) is 0 Å². The van der Waals surface area contributed by atoms with Crippen LogP contribution in [-0.4, -0.2) is 55.6 Å². The smallest absolute Gasteiger partial charge is 0.0220 e. The molecular formula is C12H27N3. The van der Waals surface area contributed by atoms with E-state index >= 15 is 0 Å². The van der Waals surface area contributed by atoms with Gasteiger partial charge in [-0.1, -0.05) is 6.92 Å². The second-order valence-corrected chi connectivity index (χ2v) is 4.71. The van der Waals surface area contributed by atoms with Crippen LogP contribution >= 0.6 is 0 Å². The number of likely N-dealkylation sites (N-methyl/N-ethyl adjacent to an activating group) is 1. The lowest BCUT2D eigenvalue weighted by Gasteiger charge is -2.30. The van der Waals surface area contributed by atoms with Gasteiger partial charge in [0.15, 0.2) is 0 Å². The summed E-state index contributed by atoms with van der Waals surface area (Å²) in [5, 5.41) is 0. The molecule has 0 saturated carbocycles. The predicted molar refractivity (Wildman–Crippen MR) is 66.1 cm³/mol. The number of hydrogen-bond donors (Lipinski definition) is 1. The van der Waals surface area contributed by atoms with E-state index in [9.17, 15) is 0 Å². The summed E-state index contributed by atoms with van der Waals surface area (Å²) in [6.07, 6.45) is 5.02. The van der Waals surface area contributed by atoms with Gasteiger partial charge in [-0.2, -0.15) is 0 Å². The molecule has 0 spiro atoms. The molecular weight excluding hydrogens is 186 g/mol. The largest absolute Gasteiger partial charge is 0.330 e. The Morgan fingerprint density at radius 1 is 1.27 bits per heavy atom. The summed E-state index contributed by atoms with van der Waals surface area (Å²) in [7, 11) is 2.24. The number of nitrogens with zero attached hydrogens (tertiary/aromatic N) is 2. The highest BCUT2D eigenvalue weighted by Crippen LogP contribution is 2.12. The van der Waals surface area contributed by atoms with Gasteiger partial charge in [0, 0.05) is 12.6 Å². The highest BCUT2D eigenvalue weighted by atomic mass is 15.2. The summed E-state index contributed by atoms with van der Waals surface area (Å²) < 4.78 is 0. The van der Waals surface area contributed by atoms with Crippen LogP contribution in [0, 0.1) is 0 Å². The highest BCUT2D eigenvalue weighted by molar-refractivity contribution is 4.77. The third-order valence-corrected chi connectivity index (χ3v) is 3.39. The Kier molecular flexibility index (Phi) is 6.22. The molecule has 1 fully saturated rings. The highest BCUT2D eigenvalue weighted by Gasteiger charge is 2.20. The van der Waals surface area contributed by atoms with Crippen LogP contribution in [0.3, 0.4) is 0 Å². The number of hydrogen-bond acceptors (Lipinski definition) is 3. The average molecular weight is 213 g/mol. The fourth-order valence-electron chi connectivity index (χ4n) is 2.43. The zero-order valence-corrected chi connectivity index (χ0v) is 10.4. The summed E-state index contributed by atoms with van der Waals surface area (Å²) in [5.74, 6) is 0. The topological polar surface area (TPSA) is 32.5 Å². The maximum atomic E-state index is 5.54. The fourth-order valence-corrected chi connectivity index (χ4v) is 2.43. The molecule has 3 nitrogen and oxygen atoms in total. The molecule has 0 bridgehead atoms. The molecule has 1 aliphatic rings. The first kappa shape index (κ1) is 12.9. The molecule has 0 aromatic carbocycles. The molecule has 90 valence electrons. The van der Waals surface area contributed by atoms with Crippen molar-refractivity contribution in [3.8, 4) is 0 Å². The van der Waals surface area contributed by atoms with Crippen LogP contribution in [0.2, 0.25) is 0 Å². The van der Waals surface area contributed by atoms with Crippen molar-refractivity contribution < 1.29 is 0 Å². The Balaban J connectivity index is 2.37. The van der Waals surface area contributed by atoms with Gasteiger partial charge in [-0.3, -0.25) is 4.90 Å². The molecule has 0 aliphatic carbocycles. The van der Waals surface area contributed by atoms with E-state index in [-0.39, 0.29) is 0 Å². The van der Waals surface area contributed by atoms with Crippen LogP contribution in [0.5, 0.6) is 0 Å². The van der Waals surface area contributed by atoms with E-state index in [1.807, 2.05) is 0 Å². The zero-order chi connectivity index (χ0) is 11.1. The fraction of sp³-hybridized carbons (Fsp3) is 1.00. The van der Waals surface area contributed by atoms with Crippen molar-refractivity contribution in [2.24, 2.45) is 5.73 Å². The van der Waals surface area contributed by atoms with Crippen molar-refractivity contribution in [1.82, 2.24) is 9.80 Å². The average Bonchev–Trinajstić information content (AvgIpc) is 2.41. The summed E-state index contributed by atoms with van der Waals surface area (Å²) in [5.41, 5.74) is 5.54. The van der Waals surface area contributed by atoms with Crippen LogP contribution in [0.25, 0.3) is 0 Å². The number of rotatable bonds is 5. The SMILES string of the molecule is CCC1CN(C)CCCN1CCCCN. The van der Waals surface area contributed by atoms with Crippen molar-refractivity contribution in [2.45, 2.75) is 38.6 Å². The van der Waals surface area contributed by atoms with Crippen molar-refractivity contribution in [1.29, 1.82) is 0 Å². The third kappa shape index (κ3) is 4.49. The summed E-state index contributed by atoms with van der Waals surface area (Å²) in [6.45, 7) is 8.14. The zero-order valence-electron chi connectivity index (χ0n) is 10.4. The molecule has 0 aromatic rings. The van der Waals surface area contributed by atoms with Gasteiger partial charge in [-0.25, -0.2) is 0 Å². The van der Waals surface area contributed by atoms with E-state index in [1.165, 1.54) is 51.9 Å². The van der Waals surface area contributed by atoms with Crippen molar-refractivity contribution >= 4 is 0 Å². The molecule has 1 unspecified atom stereocenters. The molecule has 1 aliphatic heterocycles. The monoisotopic (exact) mass is 213 g/mol. The Bertz CT molecular complexity index is 161. The maximum absolute atomic E-state index is 5.54. The molecule has 0 aromatic heterocycles. The van der Waals surface area contributed by atoms with E-state index in [0.717, 1.165) is 12.6 Å². The normalized spacial score (nSPS) is 25.4. The Hall–Kier alpha value is -0.120. The first-order valence-electron chi connectivity index (χ1n) is 6.40. The Morgan fingerprint density at radius 2 is 2.07 bits per heavy atom. The number of unbranched alkanes of at least 4 members (excludes halogenated alkanes) is 1. The maximum Gasteiger partial charge on any atom is 0.0220 e. The van der Waals surface area contributed by atoms with Crippen LogP contribution in [0.4, 0.5) is 0 Å². The first-order chi connectivity index (χ1) is 7.27. The van der Waals surface area contributed by atoms with Gasteiger partial charge in [-0.15, -0.1) is 0 Å². The van der Waals surface area contributed by atoms with E-state index in [0.29, 0.717) is 0 Å². The second-order valence-electron chi connectivity index (χ2n) is 4.71. The standard InChI is InChI=1S/C12H27N3/c1-3-12-11-14(2)8-6-10-15(12)9-5-4-7-13/h12H,3-11,13H2,1-2H3. The van der Waals surface area contributed by atoms with Gasteiger partial charge in [-0.05, 0) is 58.9 Å². The molecule has 0 radical (unpaired) electrons. The molecule has 1 saturated heterocycles. The molecule has 1 rings (SSSR count). The molecule has 0 amide bonds. The van der Waals surface area contributed by atoms with Crippen molar-refractivity contribution in [3.63, 3.8) is 0 Å². The third-order valence-electron chi connectivity index (χ3n) is 3.39. The van der Waals surface area contributed by atoms with E-state index in [2.05, 4.69) is 23.8 Å². The van der Waals surface area contributed by atoms with E-state index in [1.54, 1.807) is 0 Å². The first-order valence-corrected chi connectivity index (χ1v) is 6.40. The van der Waals surface area contributed by atoms with Crippen LogP contribution in [0.15, 0.2) is 0 Å². The van der Waals surface area contributed by atoms with Gasteiger partial charge in [0.2, 0.25) is 0 Å². The van der Waals surface area contributed by atoms with Gasteiger partial charge >= 0.3 is 0 Å². The van der Waals surface area contributed by atoms with Crippen LogP contribution < -0.4 is 5.73 Å². The summed E-state index contributed by atoms with van der Waals surface area (Å²) >= 11 is 0. The molecule has 1 atom stereocenters. The molecule has 3 heteroatoms. The quantitative estimate of drug-likeness (QED) is 0.695. The Morgan fingerprint density at radius 3 is 2.73 bits per heavy atom. The van der Waals surface area contributed by atoms with Gasteiger partial charge < -0.3 is 10.6 Å². The summed E-state index contributed by atoms with van der Waals surface area (Å²) in [4.78, 5) is 5.14. The lowest BCUT2D eigenvalue weighted by atomic mass is 10.1. The second kappa shape index (κ2) is 7.20. The predicted octanol–water partition coefficient (Wildman–Crippen LogP) is 1.14. The lowest BCUT2D eigenvalue weighted by Crippen LogP contribution is -2.40. The van der Waals surface area contributed by atoms with E-state index < -0.39 is 0 Å². The minimum absolute atomic E-state index is 0.760. The molecule has 2 N–H and O–H groups in total. The number of nitrogens with two attached hydrogens (primary N) is 1. The van der Waals surface area contributed by atoms with Crippen molar-refractivity contribution in [3.05, 3.63) is 0 Å². The van der Waals surface area contributed by atoms with Gasteiger partial charge in [0.25, 0.3) is 0 Å². The minimum Gasteiger partial charge on any atom is -0.330 e. The minimum atomic E-state index is 0.760. The van der Waals surface area contributed by atoms with Crippen molar-refractivity contribution in [2.75, 3.05) is 39.8 Å². The molecule has 1 heterocycles.